The van der Waals surface area contributed by atoms with Gasteiger partial charge >= 0.3 is 0 Å². The van der Waals surface area contributed by atoms with Crippen LogP contribution in [0.1, 0.15) is 42.5 Å². The standard InChI is InChI=1S/C13H19ClN4O2/c1-8(2)12-16-7-9(14)11(17-12)13(20)15-6-5-10(19)18(3)4/h7-8H,5-6H2,1-4H3,(H,15,20). The zero-order valence-electron chi connectivity index (χ0n) is 12.1. The van der Waals surface area contributed by atoms with Gasteiger partial charge in [0.2, 0.25) is 5.91 Å². The van der Waals surface area contributed by atoms with E-state index in [1.54, 1.807) is 14.1 Å². The first kappa shape index (κ1) is 16.4. The fourth-order valence-electron chi connectivity index (χ4n) is 1.41. The van der Waals surface area contributed by atoms with Crippen molar-refractivity contribution in [2.45, 2.75) is 26.2 Å². The molecule has 0 bridgehead atoms. The van der Waals surface area contributed by atoms with Crippen LogP contribution >= 0.6 is 11.6 Å². The van der Waals surface area contributed by atoms with Gasteiger partial charge in [0, 0.05) is 33.0 Å². The van der Waals surface area contributed by atoms with Crippen molar-refractivity contribution in [3.8, 4) is 0 Å². The summed E-state index contributed by atoms with van der Waals surface area (Å²) in [7, 11) is 3.33. The molecule has 0 aliphatic heterocycles. The van der Waals surface area contributed by atoms with E-state index in [1.165, 1.54) is 11.1 Å². The van der Waals surface area contributed by atoms with E-state index in [0.29, 0.717) is 5.82 Å². The molecule has 0 aliphatic rings. The van der Waals surface area contributed by atoms with E-state index in [2.05, 4.69) is 15.3 Å². The van der Waals surface area contributed by atoms with Gasteiger partial charge in [-0.2, -0.15) is 0 Å². The lowest BCUT2D eigenvalue weighted by molar-refractivity contribution is -0.128. The Balaban J connectivity index is 2.68. The Morgan fingerprint density at radius 2 is 2.05 bits per heavy atom. The monoisotopic (exact) mass is 298 g/mol. The maximum absolute atomic E-state index is 12.0. The summed E-state index contributed by atoms with van der Waals surface area (Å²) in [5.41, 5.74) is 0.141. The van der Waals surface area contributed by atoms with Gasteiger partial charge in [0.25, 0.3) is 5.91 Å². The fourth-order valence-corrected chi connectivity index (χ4v) is 1.59. The summed E-state index contributed by atoms with van der Waals surface area (Å²) in [6.45, 7) is 4.11. The van der Waals surface area contributed by atoms with Crippen LogP contribution < -0.4 is 5.32 Å². The Bertz CT molecular complexity index is 503. The van der Waals surface area contributed by atoms with Gasteiger partial charge in [-0.25, -0.2) is 9.97 Å². The molecule has 0 fully saturated rings. The lowest BCUT2D eigenvalue weighted by atomic mass is 10.2. The summed E-state index contributed by atoms with van der Waals surface area (Å²) in [5, 5.41) is 2.83. The molecular formula is C13H19ClN4O2. The van der Waals surface area contributed by atoms with Gasteiger partial charge in [0.15, 0.2) is 0 Å². The van der Waals surface area contributed by atoms with E-state index in [1.807, 2.05) is 13.8 Å². The maximum Gasteiger partial charge on any atom is 0.271 e. The Hall–Kier alpha value is -1.69. The second-order valence-corrected chi connectivity index (χ2v) is 5.28. The minimum atomic E-state index is -0.397. The smallest absolute Gasteiger partial charge is 0.271 e. The van der Waals surface area contributed by atoms with Crippen LogP contribution in [0.15, 0.2) is 6.20 Å². The zero-order chi connectivity index (χ0) is 15.3. The molecule has 7 heteroatoms. The highest BCUT2D eigenvalue weighted by atomic mass is 35.5. The lowest BCUT2D eigenvalue weighted by Gasteiger charge is -2.11. The summed E-state index contributed by atoms with van der Waals surface area (Å²) in [5.74, 6) is 0.214. The Labute approximate surface area is 123 Å². The average Bonchev–Trinajstić information content (AvgIpc) is 2.38. The van der Waals surface area contributed by atoms with E-state index in [9.17, 15) is 9.59 Å². The highest BCUT2D eigenvalue weighted by Crippen LogP contribution is 2.16. The third-order valence-electron chi connectivity index (χ3n) is 2.62. The normalized spacial score (nSPS) is 10.5. The molecule has 20 heavy (non-hydrogen) atoms. The SMILES string of the molecule is CC(C)c1ncc(Cl)c(C(=O)NCCC(=O)N(C)C)n1. The van der Waals surface area contributed by atoms with Gasteiger partial charge in [-0.15, -0.1) is 0 Å². The third kappa shape index (κ3) is 4.45. The molecule has 0 radical (unpaired) electrons. The van der Waals surface area contributed by atoms with Crippen LogP contribution in [0.2, 0.25) is 5.02 Å². The molecule has 2 amide bonds. The molecule has 1 heterocycles. The summed E-state index contributed by atoms with van der Waals surface area (Å²) < 4.78 is 0. The summed E-state index contributed by atoms with van der Waals surface area (Å²) >= 11 is 5.93. The van der Waals surface area contributed by atoms with E-state index in [4.69, 9.17) is 11.6 Å². The largest absolute Gasteiger partial charge is 0.350 e. The highest BCUT2D eigenvalue weighted by molar-refractivity contribution is 6.33. The number of halogens is 1. The van der Waals surface area contributed by atoms with Crippen molar-refractivity contribution in [2.75, 3.05) is 20.6 Å². The molecule has 110 valence electrons. The average molecular weight is 299 g/mol. The van der Waals surface area contributed by atoms with Gasteiger partial charge in [-0.3, -0.25) is 9.59 Å². The number of aromatic nitrogens is 2. The van der Waals surface area contributed by atoms with Crippen LogP contribution in [0.4, 0.5) is 0 Å². The number of hydrogen-bond acceptors (Lipinski definition) is 4. The van der Waals surface area contributed by atoms with Crippen LogP contribution in [-0.2, 0) is 4.79 Å². The van der Waals surface area contributed by atoms with Crippen molar-refractivity contribution in [1.29, 1.82) is 0 Å². The Kier molecular flexibility index (Phi) is 5.88. The number of amides is 2. The highest BCUT2D eigenvalue weighted by Gasteiger charge is 2.15. The Morgan fingerprint density at radius 3 is 2.60 bits per heavy atom. The van der Waals surface area contributed by atoms with Crippen molar-refractivity contribution in [3.05, 3.63) is 22.7 Å². The second-order valence-electron chi connectivity index (χ2n) is 4.87. The van der Waals surface area contributed by atoms with Crippen molar-refractivity contribution < 1.29 is 9.59 Å². The predicted molar refractivity (Wildman–Crippen MR) is 76.8 cm³/mol. The topological polar surface area (TPSA) is 75.2 Å². The molecule has 0 saturated heterocycles. The lowest BCUT2D eigenvalue weighted by Crippen LogP contribution is -2.31. The zero-order valence-corrected chi connectivity index (χ0v) is 12.9. The number of carbonyl (C=O) groups excluding carboxylic acids is 2. The molecule has 1 N–H and O–H groups in total. The van der Waals surface area contributed by atoms with E-state index >= 15 is 0 Å². The van der Waals surface area contributed by atoms with Crippen molar-refractivity contribution in [3.63, 3.8) is 0 Å². The number of nitrogens with zero attached hydrogens (tertiary/aromatic N) is 3. The maximum atomic E-state index is 12.0. The van der Waals surface area contributed by atoms with Crippen molar-refractivity contribution in [2.24, 2.45) is 0 Å². The summed E-state index contributed by atoms with van der Waals surface area (Å²) in [6, 6.07) is 0. The predicted octanol–water partition coefficient (Wildman–Crippen LogP) is 1.46. The summed E-state index contributed by atoms with van der Waals surface area (Å²) in [6.07, 6.45) is 1.66. The molecule has 0 aromatic carbocycles. The van der Waals surface area contributed by atoms with Crippen molar-refractivity contribution >= 4 is 23.4 Å². The summed E-state index contributed by atoms with van der Waals surface area (Å²) in [4.78, 5) is 33.1. The minimum Gasteiger partial charge on any atom is -0.350 e. The molecule has 6 nitrogen and oxygen atoms in total. The fraction of sp³-hybridized carbons (Fsp3) is 0.538. The van der Waals surface area contributed by atoms with Crippen LogP contribution in [0, 0.1) is 0 Å². The number of rotatable bonds is 5. The molecule has 0 spiro atoms. The van der Waals surface area contributed by atoms with Gasteiger partial charge in [-0.05, 0) is 0 Å². The molecule has 0 atom stereocenters. The van der Waals surface area contributed by atoms with Crippen LogP contribution in [0.3, 0.4) is 0 Å². The van der Waals surface area contributed by atoms with Gasteiger partial charge in [-0.1, -0.05) is 25.4 Å². The van der Waals surface area contributed by atoms with Crippen LogP contribution in [0.5, 0.6) is 0 Å². The molecule has 0 aliphatic carbocycles. The minimum absolute atomic E-state index is 0.0537. The van der Waals surface area contributed by atoms with Crippen LogP contribution in [0.25, 0.3) is 0 Å². The van der Waals surface area contributed by atoms with Gasteiger partial charge in [0.1, 0.15) is 11.5 Å². The van der Waals surface area contributed by atoms with E-state index in [0.717, 1.165) is 0 Å². The first-order valence-corrected chi connectivity index (χ1v) is 6.71. The first-order chi connectivity index (χ1) is 9.32. The molecule has 0 unspecified atom stereocenters. The second kappa shape index (κ2) is 7.19. The van der Waals surface area contributed by atoms with Gasteiger partial charge in [0.05, 0.1) is 11.2 Å². The van der Waals surface area contributed by atoms with Gasteiger partial charge < -0.3 is 10.2 Å². The first-order valence-electron chi connectivity index (χ1n) is 6.33. The van der Waals surface area contributed by atoms with Crippen molar-refractivity contribution in [1.82, 2.24) is 20.2 Å². The van der Waals surface area contributed by atoms with Crippen LogP contribution in [-0.4, -0.2) is 47.3 Å². The molecule has 1 aromatic rings. The molecule has 1 aromatic heterocycles. The molecule has 0 saturated carbocycles. The number of carbonyl (C=O) groups is 2. The molecular weight excluding hydrogens is 280 g/mol. The number of hydrogen-bond donors (Lipinski definition) is 1. The molecule has 1 rings (SSSR count). The van der Waals surface area contributed by atoms with E-state index < -0.39 is 5.91 Å². The number of nitrogens with one attached hydrogen (secondary N) is 1. The third-order valence-corrected chi connectivity index (χ3v) is 2.89. The van der Waals surface area contributed by atoms with E-state index in [-0.39, 0.29) is 35.5 Å². The Morgan fingerprint density at radius 1 is 1.40 bits per heavy atom. The quantitative estimate of drug-likeness (QED) is 0.893.